The van der Waals surface area contributed by atoms with Crippen molar-refractivity contribution in [3.63, 3.8) is 0 Å². The van der Waals surface area contributed by atoms with Crippen LogP contribution in [-0.4, -0.2) is 32.6 Å². The topological polar surface area (TPSA) is 81.2 Å². The number of aryl methyl sites for hydroxylation is 1. The molecule has 1 atom stereocenters. The highest BCUT2D eigenvalue weighted by atomic mass is 16.5. The molecule has 0 aliphatic carbocycles. The Hall–Kier alpha value is -2.86. The van der Waals surface area contributed by atoms with Gasteiger partial charge >= 0.3 is 5.97 Å². The largest absolute Gasteiger partial charge is 0.495 e. The Balaban J connectivity index is 2.12. The summed E-state index contributed by atoms with van der Waals surface area (Å²) in [4.78, 5) is 24.3. The molecular formula is C21H27N2O4+. The SMILES string of the molecule is COC(=O)CCC[NH2+][C@@H](C(=O)Nc1cc(C)ccc1OC)c1ccccc1. The summed E-state index contributed by atoms with van der Waals surface area (Å²) in [7, 11) is 2.95. The molecule has 0 saturated heterocycles. The van der Waals surface area contributed by atoms with Gasteiger partial charge in [-0.15, -0.1) is 0 Å². The second-order valence-electron chi connectivity index (χ2n) is 6.29. The van der Waals surface area contributed by atoms with Crippen molar-refractivity contribution in [1.82, 2.24) is 0 Å². The number of amides is 1. The summed E-state index contributed by atoms with van der Waals surface area (Å²) in [5, 5.41) is 4.92. The number of methoxy groups -OCH3 is 2. The number of benzene rings is 2. The number of carbonyl (C=O) groups excluding carboxylic acids is 2. The van der Waals surface area contributed by atoms with E-state index in [0.29, 0.717) is 30.8 Å². The molecule has 2 aromatic carbocycles. The van der Waals surface area contributed by atoms with Crippen LogP contribution in [0.2, 0.25) is 0 Å². The van der Waals surface area contributed by atoms with E-state index in [1.165, 1.54) is 7.11 Å². The molecule has 0 radical (unpaired) electrons. The average molecular weight is 371 g/mol. The van der Waals surface area contributed by atoms with E-state index in [9.17, 15) is 9.59 Å². The van der Waals surface area contributed by atoms with Crippen LogP contribution in [0.1, 0.15) is 30.0 Å². The highest BCUT2D eigenvalue weighted by molar-refractivity contribution is 5.95. The fourth-order valence-corrected chi connectivity index (χ4v) is 2.82. The van der Waals surface area contributed by atoms with E-state index in [1.54, 1.807) is 7.11 Å². The molecule has 2 rings (SSSR count). The van der Waals surface area contributed by atoms with Crippen LogP contribution in [0.5, 0.6) is 5.75 Å². The third-order valence-electron chi connectivity index (χ3n) is 4.27. The Kier molecular flexibility index (Phi) is 7.82. The molecule has 3 N–H and O–H groups in total. The molecule has 144 valence electrons. The zero-order valence-electron chi connectivity index (χ0n) is 16.0. The Morgan fingerprint density at radius 2 is 1.85 bits per heavy atom. The number of quaternary nitrogens is 1. The van der Waals surface area contributed by atoms with E-state index in [2.05, 4.69) is 10.1 Å². The maximum atomic E-state index is 13.0. The maximum absolute atomic E-state index is 13.0. The minimum atomic E-state index is -0.422. The second-order valence-corrected chi connectivity index (χ2v) is 6.29. The molecule has 0 aliphatic rings. The van der Waals surface area contributed by atoms with E-state index < -0.39 is 6.04 Å². The number of hydrogen-bond acceptors (Lipinski definition) is 4. The predicted molar refractivity (Wildman–Crippen MR) is 104 cm³/mol. The van der Waals surface area contributed by atoms with Gasteiger partial charge in [0.15, 0.2) is 6.04 Å². The van der Waals surface area contributed by atoms with Gasteiger partial charge in [-0.05, 0) is 24.6 Å². The lowest BCUT2D eigenvalue weighted by atomic mass is 10.1. The number of hydrogen-bond donors (Lipinski definition) is 2. The van der Waals surface area contributed by atoms with Crippen molar-refractivity contribution in [2.75, 3.05) is 26.1 Å². The minimum absolute atomic E-state index is 0.136. The van der Waals surface area contributed by atoms with Gasteiger partial charge in [0.2, 0.25) is 0 Å². The molecule has 6 nitrogen and oxygen atoms in total. The number of carbonyl (C=O) groups is 2. The highest BCUT2D eigenvalue weighted by Gasteiger charge is 2.25. The number of esters is 1. The van der Waals surface area contributed by atoms with Crippen LogP contribution in [0.4, 0.5) is 5.69 Å². The molecule has 1 amide bonds. The van der Waals surface area contributed by atoms with Crippen molar-refractivity contribution < 1.29 is 24.4 Å². The first-order valence-electron chi connectivity index (χ1n) is 8.95. The summed E-state index contributed by atoms with van der Waals surface area (Å²) in [6.45, 7) is 2.59. The molecular weight excluding hydrogens is 344 g/mol. The summed E-state index contributed by atoms with van der Waals surface area (Å²) < 4.78 is 10.0. The summed E-state index contributed by atoms with van der Waals surface area (Å²) in [5.74, 6) is 0.239. The molecule has 0 aliphatic heterocycles. The van der Waals surface area contributed by atoms with Gasteiger partial charge in [0.05, 0.1) is 32.9 Å². The standard InChI is InChI=1S/C21H26N2O4/c1-15-11-12-18(26-2)17(14-15)23-21(25)20(16-8-5-4-6-9-16)22-13-7-10-19(24)27-3/h4-6,8-9,11-12,14,20,22H,7,10,13H2,1-3H3,(H,23,25)/p+1/t20-/m1/s1. The second kappa shape index (κ2) is 10.3. The van der Waals surface area contributed by atoms with Crippen molar-refractivity contribution in [2.45, 2.75) is 25.8 Å². The molecule has 0 aromatic heterocycles. The van der Waals surface area contributed by atoms with Gasteiger partial charge in [0, 0.05) is 12.0 Å². The zero-order valence-corrected chi connectivity index (χ0v) is 16.0. The van der Waals surface area contributed by atoms with Crippen molar-refractivity contribution in [1.29, 1.82) is 0 Å². The van der Waals surface area contributed by atoms with Crippen LogP contribution in [-0.2, 0) is 14.3 Å². The lowest BCUT2D eigenvalue weighted by molar-refractivity contribution is -0.682. The van der Waals surface area contributed by atoms with Crippen LogP contribution < -0.4 is 15.4 Å². The molecule has 0 fully saturated rings. The van der Waals surface area contributed by atoms with Gasteiger partial charge in [0.1, 0.15) is 5.75 Å². The first kappa shape index (κ1) is 20.5. The summed E-state index contributed by atoms with van der Waals surface area (Å²) in [5.41, 5.74) is 2.58. The molecule has 0 spiro atoms. The molecule has 0 heterocycles. The molecule has 27 heavy (non-hydrogen) atoms. The molecule has 6 heteroatoms. The van der Waals surface area contributed by atoms with Gasteiger partial charge in [-0.3, -0.25) is 9.59 Å². The Morgan fingerprint density at radius 1 is 1.11 bits per heavy atom. The quantitative estimate of drug-likeness (QED) is 0.523. The van der Waals surface area contributed by atoms with Crippen LogP contribution >= 0.6 is 0 Å². The number of ether oxygens (including phenoxy) is 2. The van der Waals surface area contributed by atoms with Gasteiger partial charge in [0.25, 0.3) is 5.91 Å². The van der Waals surface area contributed by atoms with E-state index in [-0.39, 0.29) is 11.9 Å². The van der Waals surface area contributed by atoms with Crippen molar-refractivity contribution in [3.8, 4) is 5.75 Å². The molecule has 2 aromatic rings. The van der Waals surface area contributed by atoms with E-state index >= 15 is 0 Å². The normalized spacial score (nSPS) is 11.5. The summed E-state index contributed by atoms with van der Waals surface area (Å²) in [6, 6.07) is 14.8. The number of nitrogens with one attached hydrogen (secondary N) is 1. The lowest BCUT2D eigenvalue weighted by Crippen LogP contribution is -2.87. The van der Waals surface area contributed by atoms with Gasteiger partial charge in [-0.2, -0.15) is 0 Å². The maximum Gasteiger partial charge on any atom is 0.305 e. The first-order valence-corrected chi connectivity index (χ1v) is 8.95. The molecule has 0 saturated carbocycles. The van der Waals surface area contributed by atoms with Crippen LogP contribution in [0.25, 0.3) is 0 Å². The summed E-state index contributed by atoms with van der Waals surface area (Å²) in [6.07, 6.45) is 0.971. The van der Waals surface area contributed by atoms with Crippen LogP contribution in [0.15, 0.2) is 48.5 Å². The van der Waals surface area contributed by atoms with E-state index in [1.807, 2.05) is 60.8 Å². The van der Waals surface area contributed by atoms with Crippen molar-refractivity contribution in [3.05, 3.63) is 59.7 Å². The zero-order chi connectivity index (χ0) is 19.6. The Bertz CT molecular complexity index is 762. The third kappa shape index (κ3) is 6.11. The van der Waals surface area contributed by atoms with Gasteiger partial charge < -0.3 is 20.1 Å². The fourth-order valence-electron chi connectivity index (χ4n) is 2.82. The number of rotatable bonds is 9. The smallest absolute Gasteiger partial charge is 0.305 e. The predicted octanol–water partition coefficient (Wildman–Crippen LogP) is 2.20. The Morgan fingerprint density at radius 3 is 2.52 bits per heavy atom. The minimum Gasteiger partial charge on any atom is -0.495 e. The third-order valence-corrected chi connectivity index (χ3v) is 4.27. The van der Waals surface area contributed by atoms with Crippen LogP contribution in [0, 0.1) is 6.92 Å². The van der Waals surface area contributed by atoms with Crippen molar-refractivity contribution in [2.24, 2.45) is 0 Å². The van der Waals surface area contributed by atoms with Gasteiger partial charge in [-0.25, -0.2) is 0 Å². The van der Waals surface area contributed by atoms with E-state index in [4.69, 9.17) is 4.74 Å². The van der Waals surface area contributed by atoms with Crippen molar-refractivity contribution >= 4 is 17.6 Å². The lowest BCUT2D eigenvalue weighted by Gasteiger charge is -2.17. The summed E-state index contributed by atoms with van der Waals surface area (Å²) >= 11 is 0. The number of anilines is 1. The van der Waals surface area contributed by atoms with E-state index in [0.717, 1.165) is 11.1 Å². The average Bonchev–Trinajstić information content (AvgIpc) is 2.68. The fraction of sp³-hybridized carbons (Fsp3) is 0.333. The Labute approximate surface area is 159 Å². The molecule has 0 bridgehead atoms. The number of nitrogens with two attached hydrogens (primary N) is 1. The first-order chi connectivity index (χ1) is 13.0. The van der Waals surface area contributed by atoms with Gasteiger partial charge in [-0.1, -0.05) is 36.4 Å². The molecule has 0 unspecified atom stereocenters. The monoisotopic (exact) mass is 371 g/mol. The highest BCUT2D eigenvalue weighted by Crippen LogP contribution is 2.26. The van der Waals surface area contributed by atoms with Crippen LogP contribution in [0.3, 0.4) is 0 Å².